The molecule has 1 heterocycles. The summed E-state index contributed by atoms with van der Waals surface area (Å²) in [5.41, 5.74) is 1.50. The minimum absolute atomic E-state index is 0.145. The van der Waals surface area contributed by atoms with E-state index in [9.17, 15) is 13.2 Å². The molecule has 1 saturated heterocycles. The molecular weight excluding hydrogens is 518 g/mol. The van der Waals surface area contributed by atoms with Gasteiger partial charge in [-0.25, -0.2) is 8.42 Å². The Morgan fingerprint density at radius 1 is 0.941 bits per heavy atom. The summed E-state index contributed by atoms with van der Waals surface area (Å²) >= 11 is 3.40. The van der Waals surface area contributed by atoms with E-state index in [1.54, 1.807) is 60.5 Å². The Labute approximate surface area is 208 Å². The number of carbonyl (C=O) groups excluding carboxylic acids is 1. The van der Waals surface area contributed by atoms with E-state index < -0.39 is 10.0 Å². The molecule has 0 N–H and O–H groups in total. The third kappa shape index (κ3) is 5.37. The summed E-state index contributed by atoms with van der Waals surface area (Å²) in [7, 11) is -2.29. The summed E-state index contributed by atoms with van der Waals surface area (Å²) in [5, 5.41) is 0. The standard InChI is InChI=1S/C25H26BrN3O4S/c1-33-23-12-10-21(11-13-23)27-14-16-28(17-15-27)25(30)19-29(22-7-5-6-20(26)18-22)34(31,32)24-8-3-2-4-9-24/h2-13,18H,14-17,19H2,1H3. The van der Waals surface area contributed by atoms with Crippen LogP contribution < -0.4 is 13.9 Å². The second-order valence-corrected chi connectivity index (χ2v) is 10.6. The SMILES string of the molecule is COc1ccc(N2CCN(C(=O)CN(c3cccc(Br)c3)S(=O)(=O)c3ccccc3)CC2)cc1. The zero-order valence-electron chi connectivity index (χ0n) is 18.8. The van der Waals surface area contributed by atoms with Crippen molar-refractivity contribution in [2.24, 2.45) is 0 Å². The first-order chi connectivity index (χ1) is 16.4. The smallest absolute Gasteiger partial charge is 0.264 e. The van der Waals surface area contributed by atoms with Gasteiger partial charge in [0.05, 0.1) is 17.7 Å². The number of rotatable bonds is 7. The van der Waals surface area contributed by atoms with Crippen molar-refractivity contribution in [1.82, 2.24) is 4.90 Å². The van der Waals surface area contributed by atoms with Crippen molar-refractivity contribution < 1.29 is 17.9 Å². The van der Waals surface area contributed by atoms with Gasteiger partial charge in [0, 0.05) is 36.3 Å². The largest absolute Gasteiger partial charge is 0.497 e. The lowest BCUT2D eigenvalue weighted by atomic mass is 10.2. The van der Waals surface area contributed by atoms with Crippen LogP contribution in [0.2, 0.25) is 0 Å². The van der Waals surface area contributed by atoms with Crippen LogP contribution in [0.1, 0.15) is 0 Å². The lowest BCUT2D eigenvalue weighted by Crippen LogP contribution is -2.52. The summed E-state index contributed by atoms with van der Waals surface area (Å²) in [6, 6.07) is 23.0. The van der Waals surface area contributed by atoms with Gasteiger partial charge in [0.25, 0.3) is 10.0 Å². The highest BCUT2D eigenvalue weighted by Crippen LogP contribution is 2.27. The number of hydrogen-bond donors (Lipinski definition) is 0. The van der Waals surface area contributed by atoms with Gasteiger partial charge in [-0.3, -0.25) is 9.10 Å². The Balaban J connectivity index is 1.50. The number of anilines is 2. The number of amides is 1. The fourth-order valence-electron chi connectivity index (χ4n) is 3.90. The van der Waals surface area contributed by atoms with E-state index in [0.717, 1.165) is 15.9 Å². The molecule has 3 aromatic rings. The Morgan fingerprint density at radius 2 is 1.62 bits per heavy atom. The van der Waals surface area contributed by atoms with Gasteiger partial charge in [-0.1, -0.05) is 40.2 Å². The Morgan fingerprint density at radius 3 is 2.24 bits per heavy atom. The van der Waals surface area contributed by atoms with Crippen LogP contribution in [0.3, 0.4) is 0 Å². The zero-order chi connectivity index (χ0) is 24.1. The number of piperazine rings is 1. The monoisotopic (exact) mass is 543 g/mol. The van der Waals surface area contributed by atoms with Crippen molar-refractivity contribution >= 4 is 43.2 Å². The van der Waals surface area contributed by atoms with Crippen LogP contribution in [0, 0.1) is 0 Å². The van der Waals surface area contributed by atoms with Gasteiger partial charge >= 0.3 is 0 Å². The molecule has 9 heteroatoms. The van der Waals surface area contributed by atoms with Crippen molar-refractivity contribution in [2.45, 2.75) is 4.90 Å². The first kappa shape index (κ1) is 24.1. The van der Waals surface area contributed by atoms with Gasteiger partial charge in [-0.05, 0) is 54.6 Å². The van der Waals surface area contributed by atoms with Crippen molar-refractivity contribution in [3.05, 3.63) is 83.3 Å². The number of halogens is 1. The number of ether oxygens (including phenoxy) is 1. The molecule has 1 fully saturated rings. The molecule has 1 aliphatic heterocycles. The minimum atomic E-state index is -3.92. The normalized spacial score (nSPS) is 14.1. The van der Waals surface area contributed by atoms with Crippen molar-refractivity contribution in [1.29, 1.82) is 0 Å². The first-order valence-corrected chi connectivity index (χ1v) is 13.1. The van der Waals surface area contributed by atoms with E-state index in [4.69, 9.17) is 4.74 Å². The molecule has 3 aromatic carbocycles. The molecule has 0 spiro atoms. The lowest BCUT2D eigenvalue weighted by molar-refractivity contribution is -0.129. The molecule has 0 bridgehead atoms. The Kier molecular flexibility index (Phi) is 7.43. The summed E-state index contributed by atoms with van der Waals surface area (Å²) in [6.07, 6.45) is 0. The van der Waals surface area contributed by atoms with Crippen LogP contribution in [-0.2, 0) is 14.8 Å². The van der Waals surface area contributed by atoms with Crippen LogP contribution >= 0.6 is 15.9 Å². The number of hydrogen-bond acceptors (Lipinski definition) is 5. The van der Waals surface area contributed by atoms with Gasteiger partial charge in [0.15, 0.2) is 0 Å². The van der Waals surface area contributed by atoms with E-state index in [1.807, 2.05) is 30.3 Å². The highest BCUT2D eigenvalue weighted by molar-refractivity contribution is 9.10. The number of methoxy groups -OCH3 is 1. The molecule has 1 amide bonds. The maximum absolute atomic E-state index is 13.5. The van der Waals surface area contributed by atoms with Gasteiger partial charge < -0.3 is 14.5 Å². The van der Waals surface area contributed by atoms with Gasteiger partial charge in [-0.2, -0.15) is 0 Å². The van der Waals surface area contributed by atoms with E-state index in [0.29, 0.717) is 31.9 Å². The van der Waals surface area contributed by atoms with Crippen molar-refractivity contribution in [3.8, 4) is 5.75 Å². The highest BCUT2D eigenvalue weighted by atomic mass is 79.9. The zero-order valence-corrected chi connectivity index (χ0v) is 21.2. The Hall–Kier alpha value is -3.04. The third-order valence-corrected chi connectivity index (χ3v) is 8.06. The molecule has 7 nitrogen and oxygen atoms in total. The summed E-state index contributed by atoms with van der Waals surface area (Å²) in [6.45, 7) is 2.10. The average Bonchev–Trinajstić information content (AvgIpc) is 2.87. The van der Waals surface area contributed by atoms with Gasteiger partial charge in [0.1, 0.15) is 12.3 Å². The molecule has 4 rings (SSSR count). The minimum Gasteiger partial charge on any atom is -0.497 e. The van der Waals surface area contributed by atoms with Crippen LogP contribution in [0.5, 0.6) is 5.75 Å². The number of sulfonamides is 1. The van der Waals surface area contributed by atoms with E-state index in [2.05, 4.69) is 20.8 Å². The highest BCUT2D eigenvalue weighted by Gasteiger charge is 2.30. The molecule has 0 aliphatic carbocycles. The van der Waals surface area contributed by atoms with Crippen molar-refractivity contribution in [2.75, 3.05) is 49.0 Å². The second-order valence-electron chi connectivity index (χ2n) is 7.87. The van der Waals surface area contributed by atoms with Crippen LogP contribution in [0.15, 0.2) is 88.2 Å². The molecule has 0 radical (unpaired) electrons. The van der Waals surface area contributed by atoms with Crippen LogP contribution in [0.4, 0.5) is 11.4 Å². The molecule has 34 heavy (non-hydrogen) atoms. The van der Waals surface area contributed by atoms with E-state index in [1.165, 1.54) is 4.31 Å². The second kappa shape index (κ2) is 10.5. The lowest BCUT2D eigenvalue weighted by Gasteiger charge is -2.37. The molecule has 0 aromatic heterocycles. The topological polar surface area (TPSA) is 70.2 Å². The maximum atomic E-state index is 13.5. The number of carbonyl (C=O) groups is 1. The predicted octanol–water partition coefficient (Wildman–Crippen LogP) is 4.00. The number of benzene rings is 3. The van der Waals surface area contributed by atoms with E-state index >= 15 is 0 Å². The molecule has 1 aliphatic rings. The molecule has 0 unspecified atom stereocenters. The number of nitrogens with zero attached hydrogens (tertiary/aromatic N) is 3. The third-order valence-electron chi connectivity index (χ3n) is 5.78. The van der Waals surface area contributed by atoms with Gasteiger partial charge in [-0.15, -0.1) is 0 Å². The molecule has 0 atom stereocenters. The predicted molar refractivity (Wildman–Crippen MR) is 137 cm³/mol. The van der Waals surface area contributed by atoms with Crippen LogP contribution in [0.25, 0.3) is 0 Å². The van der Waals surface area contributed by atoms with Crippen molar-refractivity contribution in [3.63, 3.8) is 0 Å². The molecular formula is C25H26BrN3O4S. The fraction of sp³-hybridized carbons (Fsp3) is 0.240. The molecule has 0 saturated carbocycles. The summed E-state index contributed by atoms with van der Waals surface area (Å²) in [4.78, 5) is 17.3. The quantitative estimate of drug-likeness (QED) is 0.450. The summed E-state index contributed by atoms with van der Waals surface area (Å²) < 4.78 is 34.1. The first-order valence-electron chi connectivity index (χ1n) is 10.9. The Bertz CT molecular complexity index is 1230. The van der Waals surface area contributed by atoms with Crippen LogP contribution in [-0.4, -0.2) is 59.1 Å². The van der Waals surface area contributed by atoms with E-state index in [-0.39, 0.29) is 17.3 Å². The molecule has 178 valence electrons. The average molecular weight is 544 g/mol. The van der Waals surface area contributed by atoms with Gasteiger partial charge in [0.2, 0.25) is 5.91 Å². The summed E-state index contributed by atoms with van der Waals surface area (Å²) in [5.74, 6) is 0.568. The maximum Gasteiger partial charge on any atom is 0.264 e. The fourth-order valence-corrected chi connectivity index (χ4v) is 5.71.